The Morgan fingerprint density at radius 1 is 1.20 bits per heavy atom. The first-order valence-electron chi connectivity index (χ1n) is 9.27. The average molecular weight is 458 g/mol. The minimum absolute atomic E-state index is 0. The normalized spacial score (nSPS) is 32.8. The highest BCUT2D eigenvalue weighted by Crippen LogP contribution is 2.52. The van der Waals surface area contributed by atoms with Crippen molar-refractivity contribution in [2.45, 2.75) is 38.6 Å². The van der Waals surface area contributed by atoms with Gasteiger partial charge >= 0.3 is 0 Å². The summed E-state index contributed by atoms with van der Waals surface area (Å²) < 4.78 is 0. The number of hydrogen-bond donors (Lipinski definition) is 2. The van der Waals surface area contributed by atoms with Gasteiger partial charge < -0.3 is 10.6 Å². The number of imide groups is 1. The van der Waals surface area contributed by atoms with Gasteiger partial charge in [-0.15, -0.1) is 24.0 Å². The van der Waals surface area contributed by atoms with Crippen molar-refractivity contribution in [2.24, 2.45) is 28.7 Å². The Labute approximate surface area is 165 Å². The summed E-state index contributed by atoms with van der Waals surface area (Å²) in [6, 6.07) is 0.562. The first-order chi connectivity index (χ1) is 11.7. The fraction of sp³-hybridized carbons (Fsp3) is 0.722. The average Bonchev–Trinajstić information content (AvgIpc) is 3.04. The minimum Gasteiger partial charge on any atom is -0.357 e. The van der Waals surface area contributed by atoms with Gasteiger partial charge in [0.1, 0.15) is 0 Å². The number of allylic oxidation sites excluding steroid dienone is 2. The number of amides is 2. The molecule has 3 fully saturated rings. The predicted octanol–water partition coefficient (Wildman–Crippen LogP) is 1.52. The fourth-order valence-corrected chi connectivity index (χ4v) is 4.35. The molecule has 4 aliphatic rings. The van der Waals surface area contributed by atoms with E-state index in [2.05, 4.69) is 27.8 Å². The van der Waals surface area contributed by atoms with Crippen LogP contribution in [-0.4, -0.2) is 48.3 Å². The topological polar surface area (TPSA) is 73.8 Å². The van der Waals surface area contributed by atoms with Crippen molar-refractivity contribution in [1.82, 2.24) is 15.5 Å². The first-order valence-corrected chi connectivity index (χ1v) is 9.27. The van der Waals surface area contributed by atoms with Crippen LogP contribution in [-0.2, 0) is 9.59 Å². The molecule has 0 radical (unpaired) electrons. The van der Waals surface area contributed by atoms with Gasteiger partial charge in [-0.2, -0.15) is 0 Å². The number of guanidine groups is 1. The fourth-order valence-electron chi connectivity index (χ4n) is 4.35. The van der Waals surface area contributed by atoms with Crippen LogP contribution >= 0.6 is 24.0 Å². The third kappa shape index (κ3) is 3.57. The Bertz CT molecular complexity index is 572. The van der Waals surface area contributed by atoms with E-state index in [1.54, 1.807) is 0 Å². The number of likely N-dealkylation sites (tertiary alicyclic amines) is 1. The molecule has 1 saturated heterocycles. The number of rotatable bonds is 6. The van der Waals surface area contributed by atoms with Gasteiger partial charge in [-0.25, -0.2) is 0 Å². The van der Waals surface area contributed by atoms with Gasteiger partial charge in [-0.05, 0) is 44.4 Å². The molecule has 138 valence electrons. The van der Waals surface area contributed by atoms with E-state index in [0.29, 0.717) is 31.0 Å². The lowest BCUT2D eigenvalue weighted by Gasteiger charge is -2.16. The molecule has 2 saturated carbocycles. The molecule has 2 bridgehead atoms. The molecule has 4 atom stereocenters. The lowest BCUT2D eigenvalue weighted by molar-refractivity contribution is -0.140. The molecule has 7 heteroatoms. The van der Waals surface area contributed by atoms with E-state index in [0.717, 1.165) is 25.3 Å². The number of halogens is 1. The van der Waals surface area contributed by atoms with E-state index in [1.165, 1.54) is 17.7 Å². The van der Waals surface area contributed by atoms with Crippen molar-refractivity contribution in [3.63, 3.8) is 0 Å². The van der Waals surface area contributed by atoms with Crippen molar-refractivity contribution in [3.8, 4) is 0 Å². The number of carbonyl (C=O) groups excluding carboxylic acids is 2. The van der Waals surface area contributed by atoms with Crippen LogP contribution in [0.1, 0.15) is 32.6 Å². The van der Waals surface area contributed by atoms with Gasteiger partial charge in [0.15, 0.2) is 5.96 Å². The second kappa shape index (κ2) is 7.63. The molecule has 2 N–H and O–H groups in total. The molecule has 0 aromatic heterocycles. The number of carbonyl (C=O) groups is 2. The second-order valence-electron chi connectivity index (χ2n) is 7.36. The zero-order valence-electron chi connectivity index (χ0n) is 14.6. The molecule has 25 heavy (non-hydrogen) atoms. The third-order valence-corrected chi connectivity index (χ3v) is 5.63. The summed E-state index contributed by atoms with van der Waals surface area (Å²) in [6.45, 7) is 4.00. The maximum atomic E-state index is 12.6. The van der Waals surface area contributed by atoms with Crippen molar-refractivity contribution < 1.29 is 9.59 Å². The number of fused-ring (bicyclic) bond motifs is 5. The van der Waals surface area contributed by atoms with E-state index in [1.807, 2.05) is 6.92 Å². The lowest BCUT2D eigenvalue weighted by atomic mass is 9.85. The summed E-state index contributed by atoms with van der Waals surface area (Å²) in [5.41, 5.74) is 0. The lowest BCUT2D eigenvalue weighted by Crippen LogP contribution is -2.39. The summed E-state index contributed by atoms with van der Waals surface area (Å²) in [5.74, 6) is 1.38. The third-order valence-electron chi connectivity index (χ3n) is 5.63. The van der Waals surface area contributed by atoms with Gasteiger partial charge in [-0.3, -0.25) is 19.5 Å². The molecule has 0 aromatic rings. The van der Waals surface area contributed by atoms with Crippen LogP contribution in [0.15, 0.2) is 17.1 Å². The highest BCUT2D eigenvalue weighted by molar-refractivity contribution is 14.0. The van der Waals surface area contributed by atoms with E-state index in [9.17, 15) is 9.59 Å². The number of nitrogens with zero attached hydrogens (tertiary/aromatic N) is 2. The summed E-state index contributed by atoms with van der Waals surface area (Å²) in [5, 5.41) is 6.61. The second-order valence-corrected chi connectivity index (χ2v) is 7.36. The molecular weight excluding hydrogens is 431 g/mol. The van der Waals surface area contributed by atoms with Crippen LogP contribution < -0.4 is 10.6 Å². The van der Waals surface area contributed by atoms with Gasteiger partial charge in [-0.1, -0.05) is 12.2 Å². The van der Waals surface area contributed by atoms with E-state index in [4.69, 9.17) is 0 Å². The summed E-state index contributed by atoms with van der Waals surface area (Å²) >= 11 is 0. The largest absolute Gasteiger partial charge is 0.357 e. The Hall–Kier alpha value is -1.12. The van der Waals surface area contributed by atoms with Crippen LogP contribution in [0, 0.1) is 23.7 Å². The summed E-state index contributed by atoms with van der Waals surface area (Å²) in [4.78, 5) is 31.2. The highest BCUT2D eigenvalue weighted by atomic mass is 127. The maximum absolute atomic E-state index is 12.6. The minimum atomic E-state index is -0.0788. The van der Waals surface area contributed by atoms with Crippen LogP contribution in [0.25, 0.3) is 0 Å². The number of aliphatic imine (C=N–C) groups is 1. The molecule has 1 heterocycles. The summed E-state index contributed by atoms with van der Waals surface area (Å²) in [7, 11) is 0. The van der Waals surface area contributed by atoms with Crippen LogP contribution in [0.4, 0.5) is 0 Å². The van der Waals surface area contributed by atoms with Gasteiger partial charge in [0, 0.05) is 25.7 Å². The molecule has 0 aromatic carbocycles. The quantitative estimate of drug-likeness (QED) is 0.158. The molecule has 4 rings (SSSR count). The zero-order chi connectivity index (χ0) is 16.7. The smallest absolute Gasteiger partial charge is 0.233 e. The van der Waals surface area contributed by atoms with E-state index < -0.39 is 0 Å². The number of hydrogen-bond acceptors (Lipinski definition) is 3. The summed E-state index contributed by atoms with van der Waals surface area (Å²) in [6.07, 6.45) is 8.40. The van der Waals surface area contributed by atoms with Gasteiger partial charge in [0.25, 0.3) is 0 Å². The van der Waals surface area contributed by atoms with Gasteiger partial charge in [0.05, 0.1) is 11.8 Å². The SMILES string of the molecule is CCNC(=NCCCN1C(=O)C2C3C=CC(C3)C2C1=O)NC1CC1.I. The molecule has 4 unspecified atom stereocenters. The van der Waals surface area contributed by atoms with E-state index in [-0.39, 0.29) is 47.6 Å². The Morgan fingerprint density at radius 3 is 2.40 bits per heavy atom. The maximum Gasteiger partial charge on any atom is 0.233 e. The van der Waals surface area contributed by atoms with Crippen LogP contribution in [0.2, 0.25) is 0 Å². The first kappa shape index (κ1) is 18.7. The molecule has 6 nitrogen and oxygen atoms in total. The molecule has 0 spiro atoms. The number of nitrogens with one attached hydrogen (secondary N) is 2. The zero-order valence-corrected chi connectivity index (χ0v) is 16.9. The van der Waals surface area contributed by atoms with Crippen molar-refractivity contribution in [3.05, 3.63) is 12.2 Å². The van der Waals surface area contributed by atoms with Crippen LogP contribution in [0.5, 0.6) is 0 Å². The molecule has 3 aliphatic carbocycles. The molecule has 1 aliphatic heterocycles. The molecule has 2 amide bonds. The van der Waals surface area contributed by atoms with Crippen molar-refractivity contribution in [2.75, 3.05) is 19.6 Å². The molecular formula is C18H27IN4O2. The van der Waals surface area contributed by atoms with Crippen molar-refractivity contribution >= 4 is 41.8 Å². The van der Waals surface area contributed by atoms with Gasteiger partial charge in [0.2, 0.25) is 11.8 Å². The Morgan fingerprint density at radius 2 is 1.84 bits per heavy atom. The standard InChI is InChI=1S/C18H26N4O2.HI/c1-2-19-18(21-13-6-7-13)20-8-3-9-22-16(23)14-11-4-5-12(10-11)15(14)17(22)24;/h4-5,11-15H,2-3,6-10H2,1H3,(H2,19,20,21);1H. The van der Waals surface area contributed by atoms with Crippen LogP contribution in [0.3, 0.4) is 0 Å². The highest BCUT2D eigenvalue weighted by Gasteiger charge is 2.58. The predicted molar refractivity (Wildman–Crippen MR) is 107 cm³/mol. The van der Waals surface area contributed by atoms with E-state index >= 15 is 0 Å². The Kier molecular flexibility index (Phi) is 5.70. The monoisotopic (exact) mass is 458 g/mol. The Balaban J connectivity index is 0.00000182. The van der Waals surface area contributed by atoms with Crippen molar-refractivity contribution in [1.29, 1.82) is 0 Å².